The number of ether oxygens (including phenoxy) is 2. The molecule has 1 aromatic rings. The van der Waals surface area contributed by atoms with Crippen LogP contribution in [0.1, 0.15) is 31.3 Å². The maximum Gasteiger partial charge on any atom is 0.358 e. The highest BCUT2D eigenvalue weighted by Gasteiger charge is 2.13. The predicted octanol–water partition coefficient (Wildman–Crippen LogP) is 1.97. The lowest BCUT2D eigenvalue weighted by Crippen LogP contribution is -2.22. The van der Waals surface area contributed by atoms with Gasteiger partial charge in [0.2, 0.25) is 0 Å². The molecule has 0 bridgehead atoms. The Bertz CT molecular complexity index is 384. The fourth-order valence-corrected chi connectivity index (χ4v) is 1.17. The van der Waals surface area contributed by atoms with Gasteiger partial charge in [0.15, 0.2) is 11.4 Å². The van der Waals surface area contributed by atoms with Crippen molar-refractivity contribution in [1.29, 1.82) is 0 Å². The molecule has 94 valence electrons. The molecule has 0 aliphatic rings. The molecule has 5 heteroatoms. The van der Waals surface area contributed by atoms with Crippen molar-refractivity contribution in [2.75, 3.05) is 13.2 Å². The van der Waals surface area contributed by atoms with Crippen molar-refractivity contribution in [3.8, 4) is 5.75 Å². The van der Waals surface area contributed by atoms with Crippen LogP contribution in [0.4, 0.5) is 0 Å². The second kappa shape index (κ2) is 5.63. The van der Waals surface area contributed by atoms with Crippen LogP contribution in [0.5, 0.6) is 5.75 Å². The van der Waals surface area contributed by atoms with Crippen molar-refractivity contribution in [1.82, 2.24) is 4.98 Å². The minimum absolute atomic E-state index is 0.0803. The highest BCUT2D eigenvalue weighted by molar-refractivity contribution is 5.88. The van der Waals surface area contributed by atoms with E-state index in [4.69, 9.17) is 14.6 Å². The molecule has 0 aliphatic carbocycles. The van der Waals surface area contributed by atoms with E-state index in [9.17, 15) is 4.79 Å². The van der Waals surface area contributed by atoms with Crippen LogP contribution in [0, 0.1) is 0 Å². The molecule has 0 atom stereocenters. The normalized spacial score (nSPS) is 11.2. The molecular weight excluding hydrogens is 222 g/mol. The van der Waals surface area contributed by atoms with E-state index in [2.05, 4.69) is 4.98 Å². The average Bonchev–Trinajstić information content (AvgIpc) is 2.23. The summed E-state index contributed by atoms with van der Waals surface area (Å²) in [5, 5.41) is 8.88. The summed E-state index contributed by atoms with van der Waals surface area (Å²) in [7, 11) is 0. The van der Waals surface area contributed by atoms with E-state index in [1.807, 2.05) is 20.8 Å². The van der Waals surface area contributed by atoms with Gasteiger partial charge < -0.3 is 14.6 Å². The van der Waals surface area contributed by atoms with Gasteiger partial charge in [0, 0.05) is 6.20 Å². The summed E-state index contributed by atoms with van der Waals surface area (Å²) in [5.74, 6) is -0.838. The van der Waals surface area contributed by atoms with Crippen LogP contribution in [0.2, 0.25) is 0 Å². The molecule has 1 N–H and O–H groups in total. The summed E-state index contributed by atoms with van der Waals surface area (Å²) >= 11 is 0. The van der Waals surface area contributed by atoms with Crippen molar-refractivity contribution in [3.05, 3.63) is 24.0 Å². The summed E-state index contributed by atoms with van der Waals surface area (Å²) in [6.07, 6.45) is 1.42. The number of carboxylic acids is 1. The minimum Gasteiger partial charge on any atom is -0.489 e. The quantitative estimate of drug-likeness (QED) is 0.795. The number of nitrogens with zero attached hydrogens (tertiary/aromatic N) is 1. The third-order valence-electron chi connectivity index (χ3n) is 1.85. The molecule has 17 heavy (non-hydrogen) atoms. The first kappa shape index (κ1) is 13.4. The Balaban J connectivity index is 2.49. The molecule has 1 aromatic heterocycles. The molecule has 0 amide bonds. The second-order valence-electron chi connectivity index (χ2n) is 4.46. The van der Waals surface area contributed by atoms with Crippen molar-refractivity contribution < 1.29 is 19.4 Å². The molecule has 0 fully saturated rings. The number of carboxylic acid groups (broad SMARTS) is 1. The van der Waals surface area contributed by atoms with Crippen molar-refractivity contribution in [2.24, 2.45) is 0 Å². The van der Waals surface area contributed by atoms with Gasteiger partial charge in [0.05, 0.1) is 12.2 Å². The SMILES string of the molecule is CC(C)(C)OCCOc1cccnc1C(=O)O. The standard InChI is InChI=1S/C12H17NO4/c1-12(2,3)17-8-7-16-9-5-4-6-13-10(9)11(14)15/h4-6H,7-8H2,1-3H3,(H,14,15). The summed E-state index contributed by atoms with van der Waals surface area (Å²) in [5.41, 5.74) is -0.309. The van der Waals surface area contributed by atoms with E-state index in [0.29, 0.717) is 13.2 Å². The van der Waals surface area contributed by atoms with E-state index in [1.165, 1.54) is 6.20 Å². The third-order valence-corrected chi connectivity index (χ3v) is 1.85. The Morgan fingerprint density at radius 1 is 1.41 bits per heavy atom. The number of aromatic carboxylic acids is 1. The Morgan fingerprint density at radius 3 is 2.71 bits per heavy atom. The van der Waals surface area contributed by atoms with Crippen molar-refractivity contribution in [3.63, 3.8) is 0 Å². The Kier molecular flexibility index (Phi) is 4.45. The fourth-order valence-electron chi connectivity index (χ4n) is 1.17. The van der Waals surface area contributed by atoms with Crippen LogP contribution in [-0.2, 0) is 4.74 Å². The van der Waals surface area contributed by atoms with E-state index in [-0.39, 0.29) is 17.0 Å². The zero-order valence-corrected chi connectivity index (χ0v) is 10.3. The van der Waals surface area contributed by atoms with E-state index in [0.717, 1.165) is 0 Å². The lowest BCUT2D eigenvalue weighted by atomic mass is 10.2. The molecule has 0 aromatic carbocycles. The minimum atomic E-state index is -1.10. The maximum absolute atomic E-state index is 10.8. The van der Waals surface area contributed by atoms with Crippen LogP contribution >= 0.6 is 0 Å². The number of pyridine rings is 1. The largest absolute Gasteiger partial charge is 0.489 e. The number of rotatable bonds is 5. The monoisotopic (exact) mass is 239 g/mol. The van der Waals surface area contributed by atoms with Gasteiger partial charge in [-0.1, -0.05) is 0 Å². The first-order chi connectivity index (χ1) is 7.90. The zero-order chi connectivity index (χ0) is 12.9. The van der Waals surface area contributed by atoms with Crippen LogP contribution in [0.3, 0.4) is 0 Å². The van der Waals surface area contributed by atoms with E-state index >= 15 is 0 Å². The number of hydrogen-bond acceptors (Lipinski definition) is 4. The van der Waals surface area contributed by atoms with Gasteiger partial charge in [-0.15, -0.1) is 0 Å². The number of hydrogen-bond donors (Lipinski definition) is 1. The van der Waals surface area contributed by atoms with Gasteiger partial charge in [-0.05, 0) is 32.9 Å². The van der Waals surface area contributed by atoms with E-state index < -0.39 is 5.97 Å². The van der Waals surface area contributed by atoms with Crippen molar-refractivity contribution in [2.45, 2.75) is 26.4 Å². The molecule has 0 radical (unpaired) electrons. The fraction of sp³-hybridized carbons (Fsp3) is 0.500. The molecular formula is C12H17NO4. The van der Waals surface area contributed by atoms with Gasteiger partial charge in [0.25, 0.3) is 0 Å². The molecule has 0 unspecified atom stereocenters. The number of aromatic nitrogens is 1. The summed E-state index contributed by atoms with van der Waals surface area (Å²) in [6.45, 7) is 6.53. The predicted molar refractivity (Wildman–Crippen MR) is 62.4 cm³/mol. The van der Waals surface area contributed by atoms with Crippen LogP contribution < -0.4 is 4.74 Å². The highest BCUT2D eigenvalue weighted by atomic mass is 16.5. The topological polar surface area (TPSA) is 68.7 Å². The highest BCUT2D eigenvalue weighted by Crippen LogP contribution is 2.15. The van der Waals surface area contributed by atoms with Gasteiger partial charge in [-0.3, -0.25) is 0 Å². The van der Waals surface area contributed by atoms with Crippen molar-refractivity contribution >= 4 is 5.97 Å². The lowest BCUT2D eigenvalue weighted by Gasteiger charge is -2.19. The van der Waals surface area contributed by atoms with Gasteiger partial charge in [-0.25, -0.2) is 9.78 Å². The van der Waals surface area contributed by atoms with E-state index in [1.54, 1.807) is 12.1 Å². The van der Waals surface area contributed by atoms with Crippen LogP contribution in [0.25, 0.3) is 0 Å². The third kappa shape index (κ3) is 4.82. The van der Waals surface area contributed by atoms with Gasteiger partial charge in [-0.2, -0.15) is 0 Å². The molecule has 0 spiro atoms. The van der Waals surface area contributed by atoms with Crippen LogP contribution in [0.15, 0.2) is 18.3 Å². The first-order valence-corrected chi connectivity index (χ1v) is 5.35. The average molecular weight is 239 g/mol. The smallest absolute Gasteiger partial charge is 0.358 e. The maximum atomic E-state index is 10.8. The molecule has 0 aliphatic heterocycles. The Labute approximate surface area is 100 Å². The molecule has 0 saturated heterocycles. The summed E-state index contributed by atoms with van der Waals surface area (Å²) < 4.78 is 10.8. The lowest BCUT2D eigenvalue weighted by molar-refractivity contribution is -0.0165. The van der Waals surface area contributed by atoms with Crippen LogP contribution in [-0.4, -0.2) is 34.9 Å². The summed E-state index contributed by atoms with van der Waals surface area (Å²) in [4.78, 5) is 14.6. The molecule has 1 rings (SSSR count). The molecule has 0 saturated carbocycles. The van der Waals surface area contributed by atoms with Gasteiger partial charge >= 0.3 is 5.97 Å². The first-order valence-electron chi connectivity index (χ1n) is 5.35. The zero-order valence-electron chi connectivity index (χ0n) is 10.3. The summed E-state index contributed by atoms with van der Waals surface area (Å²) in [6, 6.07) is 3.21. The Hall–Kier alpha value is -1.62. The second-order valence-corrected chi connectivity index (χ2v) is 4.46. The number of carbonyl (C=O) groups is 1. The Morgan fingerprint density at radius 2 is 2.12 bits per heavy atom. The molecule has 1 heterocycles. The van der Waals surface area contributed by atoms with Gasteiger partial charge in [0.1, 0.15) is 6.61 Å². The molecule has 5 nitrogen and oxygen atoms in total.